The van der Waals surface area contributed by atoms with Crippen LogP contribution in [0.5, 0.6) is 0 Å². The molecule has 102 valence electrons. The third-order valence-electron chi connectivity index (χ3n) is 2.79. The molecule has 20 heavy (non-hydrogen) atoms. The summed E-state index contributed by atoms with van der Waals surface area (Å²) in [5.41, 5.74) is -0.319. The molecule has 0 saturated carbocycles. The second-order valence-corrected chi connectivity index (χ2v) is 5.70. The zero-order chi connectivity index (χ0) is 14.5. The van der Waals surface area contributed by atoms with Gasteiger partial charge in [0, 0.05) is 6.07 Å². The highest BCUT2D eigenvalue weighted by Crippen LogP contribution is 2.34. The molecule has 1 aromatic carbocycles. The van der Waals surface area contributed by atoms with E-state index >= 15 is 0 Å². The van der Waals surface area contributed by atoms with Crippen molar-refractivity contribution in [3.05, 3.63) is 41.7 Å². The predicted octanol–water partition coefficient (Wildman–Crippen LogP) is 0.722. The number of nitrogens with zero attached hydrogens (tertiary/aromatic N) is 2. The van der Waals surface area contributed by atoms with Gasteiger partial charge in [-0.2, -0.15) is 4.31 Å². The van der Waals surface area contributed by atoms with E-state index < -0.39 is 21.9 Å². The molecule has 0 spiro atoms. The minimum atomic E-state index is -4.18. The van der Waals surface area contributed by atoms with Crippen molar-refractivity contribution in [2.45, 2.75) is 4.90 Å². The average molecular weight is 294 g/mol. The fraction of sp³-hybridized carbons (Fsp3) is 0. The molecule has 1 aliphatic heterocycles. The number of amides is 1. The Labute approximate surface area is 112 Å². The first-order valence-electron chi connectivity index (χ1n) is 5.30. The molecule has 2 aromatic rings. The van der Waals surface area contributed by atoms with Gasteiger partial charge in [-0.1, -0.05) is 5.16 Å². The van der Waals surface area contributed by atoms with Crippen LogP contribution in [0, 0.1) is 0 Å². The molecule has 0 radical (unpaired) electrons. The summed E-state index contributed by atoms with van der Waals surface area (Å²) in [6.45, 7) is 0. The summed E-state index contributed by atoms with van der Waals surface area (Å²) in [7, 11) is -4.18. The van der Waals surface area contributed by atoms with Crippen molar-refractivity contribution in [3.63, 3.8) is 0 Å². The molecule has 0 saturated heterocycles. The van der Waals surface area contributed by atoms with E-state index in [4.69, 9.17) is 5.11 Å². The van der Waals surface area contributed by atoms with Gasteiger partial charge in [-0.15, -0.1) is 0 Å². The van der Waals surface area contributed by atoms with Gasteiger partial charge < -0.3 is 9.63 Å². The maximum absolute atomic E-state index is 12.3. The summed E-state index contributed by atoms with van der Waals surface area (Å²) >= 11 is 0. The van der Waals surface area contributed by atoms with Crippen molar-refractivity contribution < 1.29 is 27.6 Å². The number of anilines is 1. The van der Waals surface area contributed by atoms with Crippen molar-refractivity contribution in [1.29, 1.82) is 0 Å². The fourth-order valence-corrected chi connectivity index (χ4v) is 3.46. The van der Waals surface area contributed by atoms with Crippen LogP contribution in [-0.4, -0.2) is 30.6 Å². The summed E-state index contributed by atoms with van der Waals surface area (Å²) in [6.07, 6.45) is 1.13. The topological polar surface area (TPSA) is 118 Å². The van der Waals surface area contributed by atoms with E-state index in [-0.39, 0.29) is 21.8 Å². The maximum atomic E-state index is 12.3. The summed E-state index contributed by atoms with van der Waals surface area (Å²) in [6, 6.07) is 4.50. The van der Waals surface area contributed by atoms with Gasteiger partial charge in [-0.25, -0.2) is 13.2 Å². The van der Waals surface area contributed by atoms with Crippen molar-refractivity contribution >= 4 is 27.7 Å². The molecular weight excluding hydrogens is 288 g/mol. The first-order valence-corrected chi connectivity index (χ1v) is 6.74. The predicted molar refractivity (Wildman–Crippen MR) is 63.9 cm³/mol. The smallest absolute Gasteiger partial charge is 0.335 e. The van der Waals surface area contributed by atoms with E-state index in [9.17, 15) is 18.0 Å². The maximum Gasteiger partial charge on any atom is 0.335 e. The van der Waals surface area contributed by atoms with E-state index in [1.54, 1.807) is 0 Å². The molecule has 8 nitrogen and oxygen atoms in total. The summed E-state index contributed by atoms with van der Waals surface area (Å²) in [5, 5.41) is 12.3. The van der Waals surface area contributed by atoms with Crippen LogP contribution in [0.1, 0.15) is 20.7 Å². The summed E-state index contributed by atoms with van der Waals surface area (Å²) in [4.78, 5) is 22.6. The molecule has 0 fully saturated rings. The molecule has 2 heterocycles. The molecule has 1 aliphatic rings. The van der Waals surface area contributed by atoms with Crippen LogP contribution in [0.2, 0.25) is 0 Å². The second kappa shape index (κ2) is 3.90. The van der Waals surface area contributed by atoms with Gasteiger partial charge in [0.2, 0.25) is 0 Å². The Morgan fingerprint density at radius 1 is 1.30 bits per heavy atom. The number of carboxylic acid groups (broad SMARTS) is 1. The highest BCUT2D eigenvalue weighted by atomic mass is 32.2. The fourth-order valence-electron chi connectivity index (χ4n) is 1.90. The minimum absolute atomic E-state index is 0.0991. The van der Waals surface area contributed by atoms with Gasteiger partial charge in [0.15, 0.2) is 5.82 Å². The van der Waals surface area contributed by atoms with Gasteiger partial charge in [0.05, 0.1) is 11.1 Å². The minimum Gasteiger partial charge on any atom is -0.478 e. The van der Waals surface area contributed by atoms with Crippen LogP contribution < -0.4 is 4.31 Å². The van der Waals surface area contributed by atoms with Crippen molar-refractivity contribution in [2.24, 2.45) is 0 Å². The normalized spacial score (nSPS) is 16.2. The molecule has 1 aromatic heterocycles. The molecule has 3 rings (SSSR count). The van der Waals surface area contributed by atoms with E-state index in [1.807, 2.05) is 0 Å². The van der Waals surface area contributed by atoms with E-state index in [1.165, 1.54) is 18.2 Å². The molecular formula is C11H6N2O6S. The summed E-state index contributed by atoms with van der Waals surface area (Å²) in [5.74, 6) is -2.26. The molecule has 1 N–H and O–H groups in total. The van der Waals surface area contributed by atoms with E-state index in [0.717, 1.165) is 12.3 Å². The van der Waals surface area contributed by atoms with Gasteiger partial charge in [-0.05, 0) is 18.2 Å². The number of hydrogen-bond donors (Lipinski definition) is 1. The Hall–Kier alpha value is -2.68. The third kappa shape index (κ3) is 1.53. The molecule has 0 aliphatic carbocycles. The lowest BCUT2D eigenvalue weighted by atomic mass is 10.1. The molecule has 0 unspecified atom stereocenters. The van der Waals surface area contributed by atoms with Gasteiger partial charge in [0.1, 0.15) is 11.2 Å². The first kappa shape index (κ1) is 12.4. The lowest BCUT2D eigenvalue weighted by Gasteiger charge is -2.09. The Bertz CT molecular complexity index is 825. The second-order valence-electron chi connectivity index (χ2n) is 3.95. The van der Waals surface area contributed by atoms with Crippen LogP contribution in [-0.2, 0) is 10.0 Å². The Morgan fingerprint density at radius 2 is 2.05 bits per heavy atom. The largest absolute Gasteiger partial charge is 0.478 e. The summed E-state index contributed by atoms with van der Waals surface area (Å²) < 4.78 is 29.6. The Morgan fingerprint density at radius 3 is 2.65 bits per heavy atom. The van der Waals surface area contributed by atoms with Crippen LogP contribution in [0.4, 0.5) is 5.82 Å². The number of benzene rings is 1. The standard InChI is InChI=1S/C11H6N2O6S/c14-10-7-2-1-6(11(15)16)5-8(7)20(17,18)13(10)9-3-4-19-12-9/h1-5H,(H,15,16). The average Bonchev–Trinajstić information content (AvgIpc) is 2.96. The third-order valence-corrected chi connectivity index (χ3v) is 4.52. The number of fused-ring (bicyclic) bond motifs is 1. The van der Waals surface area contributed by atoms with Gasteiger partial charge in [0.25, 0.3) is 15.9 Å². The van der Waals surface area contributed by atoms with E-state index in [0.29, 0.717) is 4.31 Å². The monoisotopic (exact) mass is 294 g/mol. The molecule has 0 bridgehead atoms. The molecule has 9 heteroatoms. The van der Waals surface area contributed by atoms with Gasteiger partial charge in [-0.3, -0.25) is 4.79 Å². The van der Waals surface area contributed by atoms with Crippen molar-refractivity contribution in [1.82, 2.24) is 5.16 Å². The van der Waals surface area contributed by atoms with Gasteiger partial charge >= 0.3 is 5.97 Å². The number of carboxylic acids is 1. The quantitative estimate of drug-likeness (QED) is 0.866. The number of aromatic nitrogens is 1. The number of sulfonamides is 1. The molecule has 1 amide bonds. The Kier molecular flexibility index (Phi) is 2.41. The molecule has 0 atom stereocenters. The van der Waals surface area contributed by atoms with Crippen LogP contribution >= 0.6 is 0 Å². The van der Waals surface area contributed by atoms with Crippen LogP contribution in [0.3, 0.4) is 0 Å². The first-order chi connectivity index (χ1) is 9.43. The van der Waals surface area contributed by atoms with E-state index in [2.05, 4.69) is 9.68 Å². The lowest BCUT2D eigenvalue weighted by molar-refractivity contribution is 0.0696. The van der Waals surface area contributed by atoms with Crippen LogP contribution in [0.15, 0.2) is 39.9 Å². The number of carbonyl (C=O) groups excluding carboxylic acids is 1. The number of rotatable bonds is 2. The Balaban J connectivity index is 2.24. The highest BCUT2D eigenvalue weighted by molar-refractivity contribution is 7.94. The number of carbonyl (C=O) groups is 2. The number of hydrogen-bond acceptors (Lipinski definition) is 6. The zero-order valence-corrected chi connectivity index (χ0v) is 10.5. The van der Waals surface area contributed by atoms with Crippen molar-refractivity contribution in [3.8, 4) is 0 Å². The van der Waals surface area contributed by atoms with Crippen molar-refractivity contribution in [2.75, 3.05) is 4.31 Å². The lowest BCUT2D eigenvalue weighted by Crippen LogP contribution is -2.29. The van der Waals surface area contributed by atoms with Crippen LogP contribution in [0.25, 0.3) is 0 Å². The zero-order valence-electron chi connectivity index (χ0n) is 9.68. The highest BCUT2D eigenvalue weighted by Gasteiger charge is 2.43. The number of aromatic carboxylic acids is 1. The SMILES string of the molecule is O=C(O)c1ccc2c(c1)S(=O)(=O)N(c1ccon1)C2=O.